The summed E-state index contributed by atoms with van der Waals surface area (Å²) in [6.45, 7) is 3.60. The minimum absolute atomic E-state index is 0.244. The number of anilines is 1. The third kappa shape index (κ3) is 3.12. The van der Waals surface area contributed by atoms with E-state index in [0.29, 0.717) is 22.2 Å². The molecule has 1 unspecified atom stereocenters. The average molecular weight is 276 g/mol. The first-order chi connectivity index (χ1) is 7.94. The van der Waals surface area contributed by atoms with E-state index in [4.69, 9.17) is 27.9 Å². The predicted octanol–water partition coefficient (Wildman–Crippen LogP) is 3.75. The zero-order chi connectivity index (χ0) is 13.1. The van der Waals surface area contributed by atoms with Gasteiger partial charge in [0.1, 0.15) is 5.60 Å². The van der Waals surface area contributed by atoms with E-state index in [1.807, 2.05) is 6.92 Å². The molecule has 1 amide bonds. The lowest BCUT2D eigenvalue weighted by Gasteiger charge is -2.25. The van der Waals surface area contributed by atoms with E-state index in [9.17, 15) is 4.79 Å². The van der Waals surface area contributed by atoms with Crippen molar-refractivity contribution in [3.05, 3.63) is 28.2 Å². The smallest absolute Gasteiger partial charge is 0.256 e. The molecule has 0 spiro atoms. The number of methoxy groups -OCH3 is 1. The van der Waals surface area contributed by atoms with Crippen LogP contribution in [0, 0.1) is 0 Å². The molecule has 1 N–H and O–H groups in total. The molecule has 0 saturated heterocycles. The molecule has 94 valence electrons. The van der Waals surface area contributed by atoms with Crippen molar-refractivity contribution in [1.29, 1.82) is 0 Å². The van der Waals surface area contributed by atoms with Crippen LogP contribution in [0.2, 0.25) is 10.0 Å². The molecule has 0 aliphatic heterocycles. The Balaban J connectivity index is 2.92. The molecule has 1 atom stereocenters. The first kappa shape index (κ1) is 14.3. The average Bonchev–Trinajstić information content (AvgIpc) is 2.33. The highest BCUT2D eigenvalue weighted by molar-refractivity contribution is 6.44. The van der Waals surface area contributed by atoms with Gasteiger partial charge in [0.2, 0.25) is 0 Å². The first-order valence-corrected chi connectivity index (χ1v) is 6.01. The van der Waals surface area contributed by atoms with Gasteiger partial charge in [0.25, 0.3) is 5.91 Å². The van der Waals surface area contributed by atoms with Gasteiger partial charge < -0.3 is 10.1 Å². The van der Waals surface area contributed by atoms with E-state index >= 15 is 0 Å². The Morgan fingerprint density at radius 3 is 2.65 bits per heavy atom. The van der Waals surface area contributed by atoms with Gasteiger partial charge >= 0.3 is 0 Å². The zero-order valence-corrected chi connectivity index (χ0v) is 11.5. The molecular weight excluding hydrogens is 261 g/mol. The van der Waals surface area contributed by atoms with Crippen LogP contribution in [0.1, 0.15) is 20.3 Å². The maximum Gasteiger partial charge on any atom is 0.256 e. The summed E-state index contributed by atoms with van der Waals surface area (Å²) in [5, 5.41) is 3.45. The fourth-order valence-corrected chi connectivity index (χ4v) is 1.60. The maximum atomic E-state index is 12.0. The number of benzene rings is 1. The number of rotatable bonds is 4. The lowest BCUT2D eigenvalue weighted by atomic mass is 10.0. The molecule has 1 rings (SSSR count). The Bertz CT molecular complexity index is 417. The fourth-order valence-electron chi connectivity index (χ4n) is 1.25. The van der Waals surface area contributed by atoms with Gasteiger partial charge in [0.15, 0.2) is 0 Å². The quantitative estimate of drug-likeness (QED) is 0.909. The summed E-state index contributed by atoms with van der Waals surface area (Å²) in [6.07, 6.45) is 0.563. The van der Waals surface area contributed by atoms with Crippen LogP contribution >= 0.6 is 23.2 Å². The number of hydrogen-bond donors (Lipinski definition) is 1. The first-order valence-electron chi connectivity index (χ1n) is 5.25. The summed E-state index contributed by atoms with van der Waals surface area (Å²) in [6, 6.07) is 5.08. The molecule has 1 aromatic carbocycles. The van der Waals surface area contributed by atoms with Gasteiger partial charge in [-0.3, -0.25) is 4.79 Å². The number of ether oxygens (including phenoxy) is 1. The Kier molecular flexibility index (Phi) is 4.80. The van der Waals surface area contributed by atoms with Gasteiger partial charge in [-0.15, -0.1) is 0 Å². The van der Waals surface area contributed by atoms with Crippen LogP contribution in [0.25, 0.3) is 0 Å². The summed E-state index contributed by atoms with van der Waals surface area (Å²) in [7, 11) is 1.50. The van der Waals surface area contributed by atoms with Crippen molar-refractivity contribution in [2.75, 3.05) is 12.4 Å². The Morgan fingerprint density at radius 2 is 2.12 bits per heavy atom. The van der Waals surface area contributed by atoms with E-state index in [2.05, 4.69) is 5.32 Å². The van der Waals surface area contributed by atoms with Crippen molar-refractivity contribution in [3.8, 4) is 0 Å². The highest BCUT2D eigenvalue weighted by Gasteiger charge is 2.31. The van der Waals surface area contributed by atoms with Crippen LogP contribution in [0.4, 0.5) is 5.69 Å². The number of carbonyl (C=O) groups excluding carboxylic acids is 1. The topological polar surface area (TPSA) is 38.3 Å². The van der Waals surface area contributed by atoms with Gasteiger partial charge in [0, 0.05) is 7.11 Å². The van der Waals surface area contributed by atoms with E-state index < -0.39 is 5.60 Å². The van der Waals surface area contributed by atoms with E-state index in [1.165, 1.54) is 7.11 Å². The van der Waals surface area contributed by atoms with Gasteiger partial charge in [-0.05, 0) is 25.5 Å². The van der Waals surface area contributed by atoms with Gasteiger partial charge in [-0.2, -0.15) is 0 Å². The molecule has 3 nitrogen and oxygen atoms in total. The minimum Gasteiger partial charge on any atom is -0.369 e. The molecule has 0 aliphatic rings. The standard InChI is InChI=1S/C12H15Cl2NO2/c1-4-12(2,17-3)11(16)15-9-7-5-6-8(13)10(9)14/h5-7H,4H2,1-3H3,(H,15,16). The van der Waals surface area contributed by atoms with E-state index in [1.54, 1.807) is 25.1 Å². The van der Waals surface area contributed by atoms with Crippen LogP contribution in [0.15, 0.2) is 18.2 Å². The van der Waals surface area contributed by atoms with Crippen molar-refractivity contribution in [2.24, 2.45) is 0 Å². The Labute approximate surface area is 111 Å². The summed E-state index contributed by atoms with van der Waals surface area (Å²) < 4.78 is 5.20. The summed E-state index contributed by atoms with van der Waals surface area (Å²) in [4.78, 5) is 12.0. The molecule has 0 aliphatic carbocycles. The van der Waals surface area contributed by atoms with Crippen LogP contribution in [-0.2, 0) is 9.53 Å². The number of carbonyl (C=O) groups is 1. The van der Waals surface area contributed by atoms with Crippen LogP contribution < -0.4 is 5.32 Å². The second-order valence-electron chi connectivity index (χ2n) is 3.84. The van der Waals surface area contributed by atoms with Crippen LogP contribution in [0.3, 0.4) is 0 Å². The molecule has 1 aromatic rings. The van der Waals surface area contributed by atoms with Crippen molar-refractivity contribution >= 4 is 34.8 Å². The minimum atomic E-state index is -0.869. The molecular formula is C12H15Cl2NO2. The summed E-state index contributed by atoms with van der Waals surface area (Å²) >= 11 is 11.9. The molecule has 0 heterocycles. The largest absolute Gasteiger partial charge is 0.369 e. The molecule has 0 radical (unpaired) electrons. The number of halogens is 2. The summed E-state index contributed by atoms with van der Waals surface area (Å²) in [5.74, 6) is -0.244. The van der Waals surface area contributed by atoms with Crippen LogP contribution in [-0.4, -0.2) is 18.6 Å². The third-order valence-corrected chi connectivity index (χ3v) is 3.62. The molecule has 0 aromatic heterocycles. The number of amides is 1. The highest BCUT2D eigenvalue weighted by Crippen LogP contribution is 2.30. The zero-order valence-electron chi connectivity index (χ0n) is 10.0. The molecule has 0 saturated carbocycles. The lowest BCUT2D eigenvalue weighted by Crippen LogP contribution is -2.41. The second kappa shape index (κ2) is 5.71. The van der Waals surface area contributed by atoms with Crippen LogP contribution in [0.5, 0.6) is 0 Å². The monoisotopic (exact) mass is 275 g/mol. The normalized spacial score (nSPS) is 14.2. The summed E-state index contributed by atoms with van der Waals surface area (Å²) in [5.41, 5.74) is -0.382. The Hall–Kier alpha value is -0.770. The third-order valence-electron chi connectivity index (χ3n) is 2.81. The number of nitrogens with one attached hydrogen (secondary N) is 1. The van der Waals surface area contributed by atoms with Gasteiger partial charge in [0.05, 0.1) is 15.7 Å². The van der Waals surface area contributed by atoms with Crippen molar-refractivity contribution in [2.45, 2.75) is 25.9 Å². The number of hydrogen-bond acceptors (Lipinski definition) is 2. The van der Waals surface area contributed by atoms with E-state index in [0.717, 1.165) is 0 Å². The van der Waals surface area contributed by atoms with E-state index in [-0.39, 0.29) is 5.91 Å². The Morgan fingerprint density at radius 1 is 1.47 bits per heavy atom. The lowest BCUT2D eigenvalue weighted by molar-refractivity contribution is -0.136. The molecule has 0 fully saturated rings. The fraction of sp³-hybridized carbons (Fsp3) is 0.417. The van der Waals surface area contributed by atoms with Crippen molar-refractivity contribution < 1.29 is 9.53 Å². The van der Waals surface area contributed by atoms with Crippen molar-refractivity contribution in [1.82, 2.24) is 0 Å². The van der Waals surface area contributed by atoms with Crippen molar-refractivity contribution in [3.63, 3.8) is 0 Å². The molecule has 5 heteroatoms. The van der Waals surface area contributed by atoms with Gasteiger partial charge in [-0.25, -0.2) is 0 Å². The predicted molar refractivity (Wildman–Crippen MR) is 70.8 cm³/mol. The second-order valence-corrected chi connectivity index (χ2v) is 4.63. The highest BCUT2D eigenvalue weighted by atomic mass is 35.5. The maximum absolute atomic E-state index is 12.0. The molecule has 0 bridgehead atoms. The SMILES string of the molecule is CCC(C)(OC)C(=O)Nc1cccc(Cl)c1Cl. The molecule has 17 heavy (non-hydrogen) atoms. The van der Waals surface area contributed by atoms with Gasteiger partial charge in [-0.1, -0.05) is 36.2 Å².